The Bertz CT molecular complexity index is 346. The lowest BCUT2D eigenvalue weighted by Crippen LogP contribution is -2.33. The molecule has 1 nitrogen and oxygen atoms in total. The molecule has 4 atom stereocenters. The molecule has 0 aliphatic heterocycles. The van der Waals surface area contributed by atoms with Gasteiger partial charge in [-0.15, -0.1) is 0 Å². The van der Waals surface area contributed by atoms with Crippen molar-refractivity contribution in [2.75, 3.05) is 0 Å². The van der Waals surface area contributed by atoms with Crippen LogP contribution >= 0.6 is 0 Å². The van der Waals surface area contributed by atoms with Crippen molar-refractivity contribution in [3.63, 3.8) is 0 Å². The van der Waals surface area contributed by atoms with Gasteiger partial charge >= 0.3 is 0 Å². The van der Waals surface area contributed by atoms with Crippen LogP contribution in [0.5, 0.6) is 0 Å². The van der Waals surface area contributed by atoms with Gasteiger partial charge in [0.25, 0.3) is 0 Å². The summed E-state index contributed by atoms with van der Waals surface area (Å²) in [5, 5.41) is 10.1. The zero-order chi connectivity index (χ0) is 11.7. The van der Waals surface area contributed by atoms with Crippen molar-refractivity contribution < 1.29 is 9.50 Å². The van der Waals surface area contributed by atoms with Crippen molar-refractivity contribution >= 4 is 0 Å². The minimum atomic E-state index is -0.281. The fourth-order valence-corrected chi connectivity index (χ4v) is 2.79. The quantitative estimate of drug-likeness (QED) is 0.772. The van der Waals surface area contributed by atoms with Gasteiger partial charge in [0.2, 0.25) is 0 Å². The number of benzene rings is 1. The van der Waals surface area contributed by atoms with Gasteiger partial charge in [-0.2, -0.15) is 0 Å². The van der Waals surface area contributed by atoms with Gasteiger partial charge in [0.1, 0.15) is 5.82 Å². The Hall–Kier alpha value is -0.890. The summed E-state index contributed by atoms with van der Waals surface area (Å²) in [5.41, 5.74) is 1.06. The first kappa shape index (κ1) is 11.6. The molecule has 0 saturated heterocycles. The summed E-state index contributed by atoms with van der Waals surface area (Å²) < 4.78 is 12.9. The molecule has 1 fully saturated rings. The summed E-state index contributed by atoms with van der Waals surface area (Å²) in [4.78, 5) is 0. The van der Waals surface area contributed by atoms with Crippen molar-refractivity contribution in [3.05, 3.63) is 35.6 Å². The summed E-state index contributed by atoms with van der Waals surface area (Å²) in [7, 11) is 0. The van der Waals surface area contributed by atoms with Crippen molar-refractivity contribution in [1.82, 2.24) is 0 Å². The normalized spacial score (nSPS) is 35.0. The molecule has 0 bridgehead atoms. The highest BCUT2D eigenvalue weighted by Gasteiger charge is 2.34. The minimum absolute atomic E-state index is 0.157. The van der Waals surface area contributed by atoms with Crippen molar-refractivity contribution in [2.45, 2.75) is 38.7 Å². The molecule has 16 heavy (non-hydrogen) atoms. The standard InChI is InChI=1S/C14H19FO/c1-9-3-8-13(16)14(10(9)2)11-4-6-12(15)7-5-11/h4-7,9-10,13-14,16H,3,8H2,1-2H3/t9-,10+,13-,14+/m0/s1. The highest BCUT2D eigenvalue weighted by molar-refractivity contribution is 5.23. The second kappa shape index (κ2) is 4.54. The van der Waals surface area contributed by atoms with Gasteiger partial charge in [0.05, 0.1) is 6.10 Å². The molecule has 0 aromatic heterocycles. The van der Waals surface area contributed by atoms with E-state index in [4.69, 9.17) is 0 Å². The van der Waals surface area contributed by atoms with Crippen LogP contribution in [0, 0.1) is 17.7 Å². The summed E-state index contributed by atoms with van der Waals surface area (Å²) in [6, 6.07) is 6.57. The van der Waals surface area contributed by atoms with E-state index < -0.39 is 0 Å². The number of hydrogen-bond acceptors (Lipinski definition) is 1. The lowest BCUT2D eigenvalue weighted by Gasteiger charge is -2.38. The Balaban J connectivity index is 2.26. The molecule has 1 aliphatic rings. The lowest BCUT2D eigenvalue weighted by molar-refractivity contribution is 0.0533. The molecule has 2 heteroatoms. The van der Waals surface area contributed by atoms with Crippen LogP contribution in [0.4, 0.5) is 4.39 Å². The van der Waals surface area contributed by atoms with Crippen molar-refractivity contribution in [2.24, 2.45) is 11.8 Å². The maximum atomic E-state index is 12.9. The van der Waals surface area contributed by atoms with Crippen molar-refractivity contribution in [3.8, 4) is 0 Å². The number of rotatable bonds is 1. The molecule has 1 N–H and O–H groups in total. The number of halogens is 1. The average molecular weight is 222 g/mol. The average Bonchev–Trinajstić information content (AvgIpc) is 2.27. The first-order valence-corrected chi connectivity index (χ1v) is 6.03. The number of aliphatic hydroxyl groups is 1. The van der Waals surface area contributed by atoms with Crippen LogP contribution in [0.2, 0.25) is 0 Å². The van der Waals surface area contributed by atoms with E-state index >= 15 is 0 Å². The van der Waals surface area contributed by atoms with E-state index in [0.29, 0.717) is 11.8 Å². The van der Waals surface area contributed by atoms with E-state index in [0.717, 1.165) is 18.4 Å². The maximum Gasteiger partial charge on any atom is 0.123 e. The fourth-order valence-electron chi connectivity index (χ4n) is 2.79. The predicted octanol–water partition coefficient (Wildman–Crippen LogP) is 3.34. The first-order chi connectivity index (χ1) is 7.59. The van der Waals surface area contributed by atoms with Crippen LogP contribution in [0.3, 0.4) is 0 Å². The molecule has 1 saturated carbocycles. The third-order valence-corrected chi connectivity index (χ3v) is 4.05. The monoisotopic (exact) mass is 222 g/mol. The van der Waals surface area contributed by atoms with Gasteiger partial charge in [-0.1, -0.05) is 26.0 Å². The Morgan fingerprint density at radius 2 is 1.75 bits per heavy atom. The Kier molecular flexibility index (Phi) is 3.29. The van der Waals surface area contributed by atoms with Gasteiger partial charge in [0.15, 0.2) is 0 Å². The van der Waals surface area contributed by atoms with Gasteiger partial charge in [-0.3, -0.25) is 0 Å². The smallest absolute Gasteiger partial charge is 0.123 e. The fraction of sp³-hybridized carbons (Fsp3) is 0.571. The van der Waals surface area contributed by atoms with Gasteiger partial charge in [0, 0.05) is 5.92 Å². The largest absolute Gasteiger partial charge is 0.392 e. The molecule has 0 radical (unpaired) electrons. The molecule has 0 amide bonds. The van der Waals surface area contributed by atoms with E-state index in [2.05, 4.69) is 13.8 Å². The van der Waals surface area contributed by atoms with Crippen LogP contribution in [0.1, 0.15) is 38.2 Å². The predicted molar refractivity (Wildman–Crippen MR) is 62.7 cm³/mol. The van der Waals surface area contributed by atoms with Crippen molar-refractivity contribution in [1.29, 1.82) is 0 Å². The summed E-state index contributed by atoms with van der Waals surface area (Å²) >= 11 is 0. The summed E-state index contributed by atoms with van der Waals surface area (Å²) in [6.07, 6.45) is 1.66. The number of aliphatic hydroxyl groups excluding tert-OH is 1. The molecular weight excluding hydrogens is 203 g/mol. The van der Waals surface area contributed by atoms with E-state index in [1.165, 1.54) is 12.1 Å². The molecule has 0 unspecified atom stereocenters. The van der Waals surface area contributed by atoms with Crippen LogP contribution in [0.25, 0.3) is 0 Å². The Morgan fingerprint density at radius 3 is 2.38 bits per heavy atom. The summed E-state index contributed by atoms with van der Waals surface area (Å²) in [5.74, 6) is 1.02. The highest BCUT2D eigenvalue weighted by Crippen LogP contribution is 2.40. The Morgan fingerprint density at radius 1 is 1.12 bits per heavy atom. The van der Waals surface area contributed by atoms with E-state index in [1.807, 2.05) is 0 Å². The van der Waals surface area contributed by atoms with Crippen LogP contribution in [-0.4, -0.2) is 11.2 Å². The van der Waals surface area contributed by atoms with E-state index in [1.54, 1.807) is 12.1 Å². The molecule has 88 valence electrons. The van der Waals surface area contributed by atoms with Crippen LogP contribution in [0.15, 0.2) is 24.3 Å². The zero-order valence-electron chi connectivity index (χ0n) is 9.86. The topological polar surface area (TPSA) is 20.2 Å². The highest BCUT2D eigenvalue weighted by atomic mass is 19.1. The van der Waals surface area contributed by atoms with E-state index in [-0.39, 0.29) is 17.8 Å². The van der Waals surface area contributed by atoms with Gasteiger partial charge in [-0.25, -0.2) is 4.39 Å². The zero-order valence-corrected chi connectivity index (χ0v) is 9.86. The van der Waals surface area contributed by atoms with Gasteiger partial charge < -0.3 is 5.11 Å². The minimum Gasteiger partial charge on any atom is -0.392 e. The molecular formula is C14H19FO. The molecule has 1 aromatic rings. The second-order valence-electron chi connectivity index (χ2n) is 5.06. The van der Waals surface area contributed by atoms with E-state index in [9.17, 15) is 9.50 Å². The Labute approximate surface area is 96.3 Å². The molecule has 0 spiro atoms. The third kappa shape index (κ3) is 2.12. The molecule has 0 heterocycles. The van der Waals surface area contributed by atoms with Crippen LogP contribution in [-0.2, 0) is 0 Å². The third-order valence-electron chi connectivity index (χ3n) is 4.05. The molecule has 1 aliphatic carbocycles. The SMILES string of the molecule is C[C@H]1[C@H](c2ccc(F)cc2)[C@@H](O)CC[C@@H]1C. The molecule has 2 rings (SSSR count). The molecule has 1 aromatic carbocycles. The van der Waals surface area contributed by atoms with Crippen LogP contribution < -0.4 is 0 Å². The van der Waals surface area contributed by atoms with Gasteiger partial charge in [-0.05, 0) is 42.4 Å². The second-order valence-corrected chi connectivity index (χ2v) is 5.06. The maximum absolute atomic E-state index is 12.9. The lowest BCUT2D eigenvalue weighted by atomic mass is 9.69. The first-order valence-electron chi connectivity index (χ1n) is 6.03. The summed E-state index contributed by atoms with van der Waals surface area (Å²) in [6.45, 7) is 4.41. The number of hydrogen-bond donors (Lipinski definition) is 1.